The largest absolute Gasteiger partial charge is 0.381 e. The van der Waals surface area contributed by atoms with Crippen molar-refractivity contribution in [3.8, 4) is 0 Å². The van der Waals surface area contributed by atoms with E-state index in [1.165, 1.54) is 12.3 Å². The third-order valence-electron chi connectivity index (χ3n) is 3.83. The van der Waals surface area contributed by atoms with Gasteiger partial charge in [-0.1, -0.05) is 6.07 Å². The van der Waals surface area contributed by atoms with Gasteiger partial charge in [-0.3, -0.25) is 9.59 Å². The van der Waals surface area contributed by atoms with E-state index in [9.17, 15) is 9.59 Å². The van der Waals surface area contributed by atoms with Crippen molar-refractivity contribution in [3.05, 3.63) is 56.6 Å². The molecule has 22 heavy (non-hydrogen) atoms. The lowest BCUT2D eigenvalue weighted by molar-refractivity contribution is 0.0270. The zero-order valence-corrected chi connectivity index (χ0v) is 13.0. The van der Waals surface area contributed by atoms with Crippen molar-refractivity contribution in [2.45, 2.75) is 25.4 Å². The fourth-order valence-corrected chi connectivity index (χ4v) is 3.35. The van der Waals surface area contributed by atoms with Gasteiger partial charge < -0.3 is 14.6 Å². The smallest absolute Gasteiger partial charge is 0.255 e. The van der Waals surface area contributed by atoms with Crippen molar-refractivity contribution in [1.82, 2.24) is 9.88 Å². The van der Waals surface area contributed by atoms with Gasteiger partial charge in [0.25, 0.3) is 5.91 Å². The van der Waals surface area contributed by atoms with Crippen molar-refractivity contribution >= 4 is 17.2 Å². The molecule has 3 heterocycles. The van der Waals surface area contributed by atoms with Gasteiger partial charge in [0.1, 0.15) is 0 Å². The third-order valence-corrected chi connectivity index (χ3v) is 4.69. The van der Waals surface area contributed by atoms with Gasteiger partial charge in [0, 0.05) is 36.4 Å². The number of aromatic amines is 1. The molecule has 6 heteroatoms. The minimum absolute atomic E-state index is 0.0449. The highest BCUT2D eigenvalue weighted by atomic mass is 32.1. The molecule has 0 aromatic carbocycles. The maximum atomic E-state index is 12.8. The molecule has 1 aliphatic heterocycles. The monoisotopic (exact) mass is 318 g/mol. The number of rotatable bonds is 4. The van der Waals surface area contributed by atoms with E-state index in [4.69, 9.17) is 4.74 Å². The van der Waals surface area contributed by atoms with Crippen LogP contribution in [0.2, 0.25) is 0 Å². The van der Waals surface area contributed by atoms with Gasteiger partial charge in [0.05, 0.1) is 12.1 Å². The highest BCUT2D eigenvalue weighted by Gasteiger charge is 2.27. The van der Waals surface area contributed by atoms with Crippen LogP contribution in [-0.2, 0) is 11.3 Å². The molecule has 0 radical (unpaired) electrons. The van der Waals surface area contributed by atoms with Crippen molar-refractivity contribution in [1.29, 1.82) is 0 Å². The fraction of sp³-hybridized carbons (Fsp3) is 0.375. The van der Waals surface area contributed by atoms with Crippen molar-refractivity contribution in [2.75, 3.05) is 13.2 Å². The summed E-state index contributed by atoms with van der Waals surface area (Å²) in [5, 5.41) is 2.02. The van der Waals surface area contributed by atoms with E-state index in [1.54, 1.807) is 17.4 Å². The van der Waals surface area contributed by atoms with Crippen molar-refractivity contribution in [3.63, 3.8) is 0 Å². The first-order chi connectivity index (χ1) is 10.7. The van der Waals surface area contributed by atoms with Crippen LogP contribution in [0.25, 0.3) is 0 Å². The van der Waals surface area contributed by atoms with Crippen LogP contribution in [0.5, 0.6) is 0 Å². The number of thiophene rings is 1. The molecule has 0 bridgehead atoms. The van der Waals surface area contributed by atoms with Gasteiger partial charge in [-0.15, -0.1) is 11.3 Å². The maximum absolute atomic E-state index is 12.8. The number of pyridine rings is 1. The topological polar surface area (TPSA) is 62.4 Å². The quantitative estimate of drug-likeness (QED) is 0.940. The van der Waals surface area contributed by atoms with Crippen LogP contribution in [0, 0.1) is 0 Å². The predicted octanol–water partition coefficient (Wildman–Crippen LogP) is 2.26. The second-order valence-corrected chi connectivity index (χ2v) is 6.33. The first-order valence-corrected chi connectivity index (χ1v) is 8.22. The second-order valence-electron chi connectivity index (χ2n) is 5.30. The van der Waals surface area contributed by atoms with E-state index < -0.39 is 0 Å². The first kappa shape index (κ1) is 15.0. The minimum Gasteiger partial charge on any atom is -0.381 e. The lowest BCUT2D eigenvalue weighted by Crippen LogP contribution is -2.43. The number of aromatic nitrogens is 1. The zero-order valence-electron chi connectivity index (χ0n) is 12.2. The molecule has 0 spiro atoms. The fourth-order valence-electron chi connectivity index (χ4n) is 2.64. The van der Waals surface area contributed by atoms with Crippen LogP contribution >= 0.6 is 11.3 Å². The van der Waals surface area contributed by atoms with E-state index in [0.717, 1.165) is 17.7 Å². The number of nitrogens with one attached hydrogen (secondary N) is 1. The summed E-state index contributed by atoms with van der Waals surface area (Å²) >= 11 is 1.65. The Kier molecular flexibility index (Phi) is 4.70. The number of hydrogen-bond donors (Lipinski definition) is 1. The van der Waals surface area contributed by atoms with Gasteiger partial charge in [0.2, 0.25) is 5.56 Å². The molecule has 3 rings (SSSR count). The van der Waals surface area contributed by atoms with E-state index in [-0.39, 0.29) is 17.5 Å². The average molecular weight is 318 g/mol. The number of hydrogen-bond acceptors (Lipinski definition) is 4. The standard InChI is InChI=1S/C16H18N2O3S/c19-15-4-3-12(10-17-15)16(20)18(11-14-2-1-9-22-14)13-5-7-21-8-6-13/h1-4,9-10,13H,5-8,11H2,(H,17,19). The number of nitrogens with zero attached hydrogens (tertiary/aromatic N) is 1. The van der Waals surface area contributed by atoms with Crippen LogP contribution in [-0.4, -0.2) is 35.0 Å². The molecule has 0 aliphatic carbocycles. The van der Waals surface area contributed by atoms with Gasteiger partial charge in [-0.2, -0.15) is 0 Å². The molecule has 2 aromatic heterocycles. The third kappa shape index (κ3) is 3.45. The van der Waals surface area contributed by atoms with Gasteiger partial charge >= 0.3 is 0 Å². The molecule has 0 atom stereocenters. The normalized spacial score (nSPS) is 15.6. The van der Waals surface area contributed by atoms with Crippen LogP contribution in [0.15, 0.2) is 40.6 Å². The Hall–Kier alpha value is -1.92. The van der Waals surface area contributed by atoms with Crippen LogP contribution < -0.4 is 5.56 Å². The second kappa shape index (κ2) is 6.89. The first-order valence-electron chi connectivity index (χ1n) is 7.34. The lowest BCUT2D eigenvalue weighted by Gasteiger charge is -2.34. The summed E-state index contributed by atoms with van der Waals surface area (Å²) in [6.07, 6.45) is 3.19. The summed E-state index contributed by atoms with van der Waals surface area (Å²) in [5.74, 6) is -0.0449. The van der Waals surface area contributed by atoms with E-state index in [0.29, 0.717) is 25.3 Å². The average Bonchev–Trinajstić information content (AvgIpc) is 3.07. The van der Waals surface area contributed by atoms with Crippen LogP contribution in [0.4, 0.5) is 0 Å². The van der Waals surface area contributed by atoms with Crippen molar-refractivity contribution in [2.24, 2.45) is 0 Å². The Morgan fingerprint density at radius 3 is 2.77 bits per heavy atom. The van der Waals surface area contributed by atoms with Gasteiger partial charge in [-0.25, -0.2) is 0 Å². The molecule has 1 aliphatic rings. The number of carbonyl (C=O) groups is 1. The van der Waals surface area contributed by atoms with E-state index >= 15 is 0 Å². The Morgan fingerprint density at radius 2 is 2.14 bits per heavy atom. The molecular formula is C16H18N2O3S. The molecule has 116 valence electrons. The Balaban J connectivity index is 1.84. The summed E-state index contributed by atoms with van der Waals surface area (Å²) < 4.78 is 5.40. The van der Waals surface area contributed by atoms with Gasteiger partial charge in [-0.05, 0) is 30.4 Å². The van der Waals surface area contributed by atoms with E-state index in [2.05, 4.69) is 4.98 Å². The molecule has 0 saturated carbocycles. The number of carbonyl (C=O) groups excluding carboxylic acids is 1. The summed E-state index contributed by atoms with van der Waals surface area (Å²) in [7, 11) is 0. The number of ether oxygens (including phenoxy) is 1. The van der Waals surface area contributed by atoms with Gasteiger partial charge in [0.15, 0.2) is 0 Å². The SMILES string of the molecule is O=C(c1ccc(=O)[nH]c1)N(Cc1cccs1)C1CCOCC1. The Morgan fingerprint density at radius 1 is 1.32 bits per heavy atom. The summed E-state index contributed by atoms with van der Waals surface area (Å²) in [4.78, 5) is 29.7. The summed E-state index contributed by atoms with van der Waals surface area (Å²) in [6.45, 7) is 1.97. The Bertz CT molecular complexity index is 654. The maximum Gasteiger partial charge on any atom is 0.255 e. The molecule has 1 N–H and O–H groups in total. The molecule has 1 saturated heterocycles. The molecule has 2 aromatic rings. The van der Waals surface area contributed by atoms with E-state index in [1.807, 2.05) is 22.4 Å². The highest BCUT2D eigenvalue weighted by Crippen LogP contribution is 2.21. The Labute approximate surface area is 132 Å². The number of H-pyrrole nitrogens is 1. The zero-order chi connectivity index (χ0) is 15.4. The predicted molar refractivity (Wildman–Crippen MR) is 85.1 cm³/mol. The number of amides is 1. The molecular weight excluding hydrogens is 300 g/mol. The molecule has 0 unspecified atom stereocenters. The minimum atomic E-state index is -0.201. The molecule has 1 amide bonds. The summed E-state index contributed by atoms with van der Waals surface area (Å²) in [5.41, 5.74) is 0.315. The van der Waals surface area contributed by atoms with Crippen LogP contribution in [0.3, 0.4) is 0 Å². The highest BCUT2D eigenvalue weighted by molar-refractivity contribution is 7.09. The lowest BCUT2D eigenvalue weighted by atomic mass is 10.1. The van der Waals surface area contributed by atoms with Crippen molar-refractivity contribution < 1.29 is 9.53 Å². The van der Waals surface area contributed by atoms with Crippen LogP contribution in [0.1, 0.15) is 28.1 Å². The molecule has 5 nitrogen and oxygen atoms in total. The molecule has 1 fully saturated rings. The summed E-state index contributed by atoms with van der Waals surface area (Å²) in [6, 6.07) is 7.18.